The molecule has 3 rings (SSSR count). The van der Waals surface area contributed by atoms with Crippen LogP contribution in [0.25, 0.3) is 23.2 Å². The van der Waals surface area contributed by atoms with Gasteiger partial charge in [0, 0.05) is 43.0 Å². The smallest absolute Gasteiger partial charge is 0.249 e. The highest BCUT2D eigenvalue weighted by molar-refractivity contribution is 5.75. The highest BCUT2D eigenvalue weighted by atomic mass is 16.1. The maximum atomic E-state index is 11.4. The number of nitrogens with one attached hydrogen (secondary N) is 2. The number of H-pyrrole nitrogens is 1. The van der Waals surface area contributed by atoms with E-state index in [0.29, 0.717) is 17.2 Å². The summed E-state index contributed by atoms with van der Waals surface area (Å²) in [6.45, 7) is 5.98. The fourth-order valence-electron chi connectivity index (χ4n) is 2.40. The maximum Gasteiger partial charge on any atom is 0.249 e. The molecule has 0 aliphatic heterocycles. The van der Waals surface area contributed by atoms with Gasteiger partial charge in [0.15, 0.2) is 5.82 Å². The number of nitrogens with zero attached hydrogens (tertiary/aromatic N) is 4. The van der Waals surface area contributed by atoms with Gasteiger partial charge in [0.25, 0.3) is 0 Å². The van der Waals surface area contributed by atoms with E-state index in [9.17, 15) is 4.79 Å². The van der Waals surface area contributed by atoms with Crippen LogP contribution in [0.5, 0.6) is 0 Å². The van der Waals surface area contributed by atoms with Crippen LogP contribution in [0.15, 0.2) is 54.4 Å². The van der Waals surface area contributed by atoms with Crippen LogP contribution in [0.2, 0.25) is 0 Å². The van der Waals surface area contributed by atoms with Crippen molar-refractivity contribution in [2.24, 2.45) is 7.05 Å². The Balaban J connectivity index is 1.97. The van der Waals surface area contributed by atoms with E-state index in [1.165, 1.54) is 6.07 Å². The molecular formula is C17H18N6O. The van der Waals surface area contributed by atoms with Gasteiger partial charge in [-0.1, -0.05) is 12.7 Å². The minimum absolute atomic E-state index is 0.180. The lowest BCUT2D eigenvalue weighted by Crippen LogP contribution is -2.08. The van der Waals surface area contributed by atoms with Gasteiger partial charge < -0.3 is 10.3 Å². The summed E-state index contributed by atoms with van der Waals surface area (Å²) >= 11 is 0. The van der Waals surface area contributed by atoms with Gasteiger partial charge in [-0.3, -0.25) is 14.0 Å². The number of allylic oxidation sites excluding steroid dienone is 1. The zero-order valence-corrected chi connectivity index (χ0v) is 13.5. The maximum absolute atomic E-state index is 11.4. The third-order valence-corrected chi connectivity index (χ3v) is 3.44. The Morgan fingerprint density at radius 1 is 1.42 bits per heavy atom. The van der Waals surface area contributed by atoms with Crippen LogP contribution in [-0.2, 0) is 7.05 Å². The van der Waals surface area contributed by atoms with Gasteiger partial charge in [-0.05, 0) is 13.0 Å². The third kappa shape index (κ3) is 3.05. The first-order valence-electron chi connectivity index (χ1n) is 7.42. The van der Waals surface area contributed by atoms with E-state index in [1.807, 2.05) is 37.0 Å². The zero-order valence-electron chi connectivity index (χ0n) is 13.5. The monoisotopic (exact) mass is 322 g/mol. The van der Waals surface area contributed by atoms with E-state index in [0.717, 1.165) is 11.3 Å². The SMILES string of the molecule is C=C(Nc1cc[nH]c(=O)c1)c1ncc(-c2cnn(C)c2)n1/C=C\C. The van der Waals surface area contributed by atoms with Crippen molar-refractivity contribution in [2.75, 3.05) is 5.32 Å². The summed E-state index contributed by atoms with van der Waals surface area (Å²) in [6, 6.07) is 3.23. The van der Waals surface area contributed by atoms with Crippen LogP contribution in [0.1, 0.15) is 12.7 Å². The number of aryl methyl sites for hydroxylation is 1. The average Bonchev–Trinajstić information content (AvgIpc) is 3.14. The lowest BCUT2D eigenvalue weighted by atomic mass is 10.3. The molecule has 0 atom stereocenters. The Morgan fingerprint density at radius 3 is 2.92 bits per heavy atom. The third-order valence-electron chi connectivity index (χ3n) is 3.44. The zero-order chi connectivity index (χ0) is 17.1. The number of hydrogen-bond acceptors (Lipinski definition) is 4. The van der Waals surface area contributed by atoms with E-state index < -0.39 is 0 Å². The van der Waals surface area contributed by atoms with Crippen molar-refractivity contribution in [3.05, 3.63) is 65.8 Å². The van der Waals surface area contributed by atoms with Crippen LogP contribution >= 0.6 is 0 Å². The molecule has 0 saturated heterocycles. The molecule has 0 aromatic carbocycles. The molecule has 0 radical (unpaired) electrons. The van der Waals surface area contributed by atoms with Gasteiger partial charge in [-0.2, -0.15) is 5.10 Å². The van der Waals surface area contributed by atoms with E-state index in [2.05, 4.69) is 27.0 Å². The van der Waals surface area contributed by atoms with Gasteiger partial charge >= 0.3 is 0 Å². The van der Waals surface area contributed by atoms with Gasteiger partial charge in [-0.25, -0.2) is 4.98 Å². The molecule has 0 aliphatic rings. The number of aromatic nitrogens is 5. The van der Waals surface area contributed by atoms with Crippen LogP contribution in [0.3, 0.4) is 0 Å². The summed E-state index contributed by atoms with van der Waals surface area (Å²) < 4.78 is 3.67. The predicted molar refractivity (Wildman–Crippen MR) is 95.2 cm³/mol. The number of anilines is 1. The molecule has 0 bridgehead atoms. The Labute approximate surface area is 139 Å². The molecule has 2 N–H and O–H groups in total. The van der Waals surface area contributed by atoms with Crippen molar-refractivity contribution in [3.8, 4) is 11.3 Å². The van der Waals surface area contributed by atoms with E-state index in [-0.39, 0.29) is 5.56 Å². The summed E-state index contributed by atoms with van der Waals surface area (Å²) in [7, 11) is 1.87. The van der Waals surface area contributed by atoms with Crippen molar-refractivity contribution in [3.63, 3.8) is 0 Å². The normalized spacial score (nSPS) is 11.1. The lowest BCUT2D eigenvalue weighted by molar-refractivity contribution is 0.768. The quantitative estimate of drug-likeness (QED) is 0.756. The molecule has 0 fully saturated rings. The number of imidazole rings is 1. The molecule has 0 amide bonds. The fraction of sp³-hybridized carbons (Fsp3) is 0.118. The second-order valence-electron chi connectivity index (χ2n) is 5.27. The average molecular weight is 322 g/mol. The van der Waals surface area contributed by atoms with Crippen molar-refractivity contribution in [1.29, 1.82) is 0 Å². The minimum atomic E-state index is -0.180. The summed E-state index contributed by atoms with van der Waals surface area (Å²) in [5, 5.41) is 7.32. The number of hydrogen-bond donors (Lipinski definition) is 2. The Kier molecular flexibility index (Phi) is 4.15. The van der Waals surface area contributed by atoms with Crippen molar-refractivity contribution >= 4 is 17.6 Å². The topological polar surface area (TPSA) is 80.5 Å². The molecular weight excluding hydrogens is 304 g/mol. The number of aromatic amines is 1. The van der Waals surface area contributed by atoms with Crippen molar-refractivity contribution < 1.29 is 0 Å². The van der Waals surface area contributed by atoms with E-state index >= 15 is 0 Å². The molecule has 24 heavy (non-hydrogen) atoms. The minimum Gasteiger partial charge on any atom is -0.353 e. The molecule has 0 saturated carbocycles. The van der Waals surface area contributed by atoms with E-state index in [1.54, 1.807) is 29.3 Å². The lowest BCUT2D eigenvalue weighted by Gasteiger charge is -2.11. The van der Waals surface area contributed by atoms with Crippen molar-refractivity contribution in [2.45, 2.75) is 6.92 Å². The summed E-state index contributed by atoms with van der Waals surface area (Å²) in [5.74, 6) is 0.659. The molecule has 7 nitrogen and oxygen atoms in total. The summed E-state index contributed by atoms with van der Waals surface area (Å²) in [4.78, 5) is 18.4. The molecule has 0 spiro atoms. The van der Waals surface area contributed by atoms with E-state index in [4.69, 9.17) is 0 Å². The molecule has 3 heterocycles. The fourth-order valence-corrected chi connectivity index (χ4v) is 2.40. The molecule has 122 valence electrons. The Morgan fingerprint density at radius 2 is 2.25 bits per heavy atom. The second-order valence-corrected chi connectivity index (χ2v) is 5.27. The molecule has 7 heteroatoms. The van der Waals surface area contributed by atoms with Crippen LogP contribution < -0.4 is 10.9 Å². The van der Waals surface area contributed by atoms with Crippen LogP contribution in [0, 0.1) is 0 Å². The largest absolute Gasteiger partial charge is 0.353 e. The summed E-state index contributed by atoms with van der Waals surface area (Å²) in [5.41, 5.74) is 2.93. The van der Waals surface area contributed by atoms with Crippen molar-refractivity contribution in [1.82, 2.24) is 24.3 Å². The van der Waals surface area contributed by atoms with Crippen LogP contribution in [0.4, 0.5) is 5.69 Å². The Hall–Kier alpha value is -3.35. The first-order valence-corrected chi connectivity index (χ1v) is 7.42. The van der Waals surface area contributed by atoms with Gasteiger partial charge in [-0.15, -0.1) is 0 Å². The van der Waals surface area contributed by atoms with Crippen LogP contribution in [-0.4, -0.2) is 24.3 Å². The van der Waals surface area contributed by atoms with Gasteiger partial charge in [0.1, 0.15) is 0 Å². The molecule has 3 aromatic rings. The molecule has 0 unspecified atom stereocenters. The molecule has 0 aliphatic carbocycles. The highest BCUT2D eigenvalue weighted by Gasteiger charge is 2.14. The van der Waals surface area contributed by atoms with Gasteiger partial charge in [0.2, 0.25) is 5.56 Å². The summed E-state index contributed by atoms with van der Waals surface area (Å²) in [6.07, 6.45) is 10.9. The second kappa shape index (κ2) is 6.41. The number of pyridine rings is 1. The highest BCUT2D eigenvalue weighted by Crippen LogP contribution is 2.24. The van der Waals surface area contributed by atoms with Gasteiger partial charge in [0.05, 0.1) is 23.8 Å². The predicted octanol–water partition coefficient (Wildman–Crippen LogP) is 2.55. The first kappa shape index (κ1) is 15.5. The number of rotatable bonds is 5. The molecule has 3 aromatic heterocycles. The Bertz CT molecular complexity index is 959. The standard InChI is InChI=1S/C17H18N6O/c1-4-7-23-15(13-9-20-22(3)11-13)10-19-17(23)12(2)21-14-5-6-18-16(24)8-14/h4-11H,2H2,1,3H3,(H2,18,21,24)/b7-4-. The first-order chi connectivity index (χ1) is 11.6.